The third-order valence-electron chi connectivity index (χ3n) is 14.1. The van der Waals surface area contributed by atoms with Gasteiger partial charge >= 0.3 is 5.97 Å². The molecule has 2 aliphatic heterocycles. The molecule has 0 spiro atoms. The first-order valence-corrected chi connectivity index (χ1v) is 29.7. The van der Waals surface area contributed by atoms with Crippen LogP contribution in [0.5, 0.6) is 0 Å². The molecular formula is C60H108O14. The number of allylic oxidation sites excluding steroid dienone is 8. The van der Waals surface area contributed by atoms with Gasteiger partial charge in [0.25, 0.3) is 0 Å². The Morgan fingerprint density at radius 3 is 1.38 bits per heavy atom. The van der Waals surface area contributed by atoms with Crippen molar-refractivity contribution in [2.24, 2.45) is 0 Å². The van der Waals surface area contributed by atoms with E-state index in [0.717, 1.165) is 70.6 Å². The maximum atomic E-state index is 13.1. The Morgan fingerprint density at radius 1 is 0.459 bits per heavy atom. The third-order valence-corrected chi connectivity index (χ3v) is 14.1. The molecule has 14 heteroatoms. The number of carbonyl (C=O) groups excluding carboxylic acids is 1. The van der Waals surface area contributed by atoms with Gasteiger partial charge in [0, 0.05) is 13.0 Å². The molecular weight excluding hydrogens is 945 g/mol. The van der Waals surface area contributed by atoms with E-state index in [4.69, 9.17) is 28.4 Å². The van der Waals surface area contributed by atoms with Gasteiger partial charge in [0.15, 0.2) is 12.6 Å². The molecule has 0 aliphatic carbocycles. The van der Waals surface area contributed by atoms with Gasteiger partial charge in [0.05, 0.1) is 26.4 Å². The second-order valence-electron chi connectivity index (χ2n) is 20.8. The zero-order chi connectivity index (χ0) is 53.7. The van der Waals surface area contributed by atoms with Crippen molar-refractivity contribution in [1.29, 1.82) is 0 Å². The van der Waals surface area contributed by atoms with E-state index in [1.165, 1.54) is 128 Å². The summed E-state index contributed by atoms with van der Waals surface area (Å²) < 4.78 is 34.4. The minimum Gasteiger partial charge on any atom is -0.457 e. The molecule has 2 fully saturated rings. The number of carbonyl (C=O) groups is 1. The minimum atomic E-state index is -1.71. The molecule has 432 valence electrons. The van der Waals surface area contributed by atoms with Crippen LogP contribution in [0.25, 0.3) is 0 Å². The van der Waals surface area contributed by atoms with E-state index in [1.807, 2.05) is 0 Å². The van der Waals surface area contributed by atoms with E-state index in [9.17, 15) is 40.5 Å². The number of unbranched alkanes of at least 4 members (excludes halogenated alkanes) is 26. The van der Waals surface area contributed by atoms with Crippen LogP contribution in [0.4, 0.5) is 0 Å². The van der Waals surface area contributed by atoms with Crippen molar-refractivity contribution in [2.45, 2.75) is 293 Å². The number of aliphatic hydroxyl groups is 7. The Bertz CT molecular complexity index is 1410. The van der Waals surface area contributed by atoms with Gasteiger partial charge in [-0.25, -0.2) is 0 Å². The second-order valence-corrected chi connectivity index (χ2v) is 20.8. The molecule has 0 aromatic carbocycles. The van der Waals surface area contributed by atoms with Crippen LogP contribution in [0.2, 0.25) is 0 Å². The van der Waals surface area contributed by atoms with E-state index in [2.05, 4.69) is 62.5 Å². The highest BCUT2D eigenvalue weighted by Crippen LogP contribution is 2.27. The lowest BCUT2D eigenvalue weighted by atomic mass is 9.98. The molecule has 0 aromatic heterocycles. The first kappa shape index (κ1) is 68.1. The first-order valence-electron chi connectivity index (χ1n) is 29.7. The maximum Gasteiger partial charge on any atom is 0.306 e. The molecule has 2 heterocycles. The molecule has 7 N–H and O–H groups in total. The summed E-state index contributed by atoms with van der Waals surface area (Å²) >= 11 is 0. The molecule has 11 atom stereocenters. The van der Waals surface area contributed by atoms with Crippen LogP contribution in [-0.4, -0.2) is 142 Å². The van der Waals surface area contributed by atoms with Gasteiger partial charge in [-0.3, -0.25) is 4.79 Å². The monoisotopic (exact) mass is 1050 g/mol. The van der Waals surface area contributed by atoms with Crippen molar-refractivity contribution in [3.8, 4) is 0 Å². The Labute approximate surface area is 448 Å². The van der Waals surface area contributed by atoms with E-state index in [1.54, 1.807) is 0 Å². The number of hydrogen-bond donors (Lipinski definition) is 7. The number of rotatable bonds is 48. The number of ether oxygens (including phenoxy) is 6. The lowest BCUT2D eigenvalue weighted by molar-refractivity contribution is -0.332. The molecule has 2 rings (SSSR count). The van der Waals surface area contributed by atoms with Gasteiger partial charge in [-0.2, -0.15) is 0 Å². The lowest BCUT2D eigenvalue weighted by Gasteiger charge is -2.42. The van der Waals surface area contributed by atoms with Crippen molar-refractivity contribution in [3.63, 3.8) is 0 Å². The normalized spacial score (nSPS) is 25.1. The average Bonchev–Trinajstić information content (AvgIpc) is 3.40. The molecule has 74 heavy (non-hydrogen) atoms. The maximum absolute atomic E-state index is 13.1. The van der Waals surface area contributed by atoms with Crippen LogP contribution in [-0.2, 0) is 33.2 Å². The Balaban J connectivity index is 1.71. The lowest BCUT2D eigenvalue weighted by Crippen LogP contribution is -2.61. The molecule has 2 saturated heterocycles. The van der Waals surface area contributed by atoms with Crippen LogP contribution in [0.1, 0.15) is 226 Å². The van der Waals surface area contributed by atoms with Gasteiger partial charge < -0.3 is 64.2 Å². The number of aliphatic hydroxyl groups excluding tert-OH is 7. The molecule has 0 saturated carbocycles. The Hall–Kier alpha value is -2.05. The van der Waals surface area contributed by atoms with Crippen molar-refractivity contribution in [2.75, 3.05) is 33.0 Å². The molecule has 0 bridgehead atoms. The van der Waals surface area contributed by atoms with Crippen molar-refractivity contribution < 1.29 is 69.0 Å². The highest BCUT2D eigenvalue weighted by molar-refractivity contribution is 5.69. The smallest absolute Gasteiger partial charge is 0.306 e. The van der Waals surface area contributed by atoms with E-state index < -0.39 is 80.7 Å². The van der Waals surface area contributed by atoms with Crippen LogP contribution >= 0.6 is 0 Å². The fraction of sp³-hybridized carbons (Fsp3) is 0.850. The van der Waals surface area contributed by atoms with Crippen LogP contribution < -0.4 is 0 Å². The standard InChI is InChI=1S/C60H108O14/c1-3-5-7-9-11-13-15-17-19-21-23-25-27-29-31-33-35-37-39-41-43-52(62)72-49(46-69-44-42-40-38-36-34-32-30-28-26-24-22-20-18-16-14-12-10-8-6-4-2)47-70-59-58(68)56(66)54(64)51(74-59)48-71-60-57(67)55(65)53(63)50(45-61)73-60/h6,8,12,14,18,20,24,26,49-51,53-61,63-68H,3-5,7,9-11,13,15-17,19,21-23,25,27-48H2,1-2H3/b8-6-,14-12-,20-18-,26-24-. The summed E-state index contributed by atoms with van der Waals surface area (Å²) in [5.41, 5.74) is 0. The van der Waals surface area contributed by atoms with Crippen molar-refractivity contribution in [1.82, 2.24) is 0 Å². The minimum absolute atomic E-state index is 0.0555. The van der Waals surface area contributed by atoms with Crippen LogP contribution in [0, 0.1) is 0 Å². The Morgan fingerprint density at radius 2 is 0.878 bits per heavy atom. The molecule has 14 nitrogen and oxygen atoms in total. The molecule has 0 amide bonds. The quantitative estimate of drug-likeness (QED) is 0.0172. The van der Waals surface area contributed by atoms with Crippen molar-refractivity contribution in [3.05, 3.63) is 48.6 Å². The third kappa shape index (κ3) is 33.3. The van der Waals surface area contributed by atoms with Gasteiger partial charge in [-0.05, 0) is 51.4 Å². The van der Waals surface area contributed by atoms with Crippen LogP contribution in [0.3, 0.4) is 0 Å². The summed E-state index contributed by atoms with van der Waals surface area (Å²) in [7, 11) is 0. The van der Waals surface area contributed by atoms with Gasteiger partial charge in [0.2, 0.25) is 0 Å². The summed E-state index contributed by atoms with van der Waals surface area (Å²) in [6, 6.07) is 0. The van der Waals surface area contributed by atoms with Gasteiger partial charge in [-0.15, -0.1) is 0 Å². The first-order chi connectivity index (χ1) is 36.1. The van der Waals surface area contributed by atoms with Gasteiger partial charge in [-0.1, -0.05) is 217 Å². The summed E-state index contributed by atoms with van der Waals surface area (Å²) in [4.78, 5) is 13.1. The zero-order valence-corrected chi connectivity index (χ0v) is 46.3. The largest absolute Gasteiger partial charge is 0.457 e. The zero-order valence-electron chi connectivity index (χ0n) is 46.3. The fourth-order valence-corrected chi connectivity index (χ4v) is 9.34. The summed E-state index contributed by atoms with van der Waals surface area (Å²) in [5.74, 6) is -0.377. The van der Waals surface area contributed by atoms with Crippen LogP contribution in [0.15, 0.2) is 48.6 Å². The SMILES string of the molecule is CC/C=C\C/C=C\C/C=C\C/C=C\CCCCCCCCCOCC(COC1OC(COC2OC(CO)C(O)C(O)C2O)C(O)C(O)C1O)OC(=O)CCCCCCCCCCCCCCCCCCCCCC. The van der Waals surface area contributed by atoms with Gasteiger partial charge in [0.1, 0.15) is 54.9 Å². The highest BCUT2D eigenvalue weighted by Gasteiger charge is 2.47. The average molecular weight is 1050 g/mol. The Kier molecular flexibility index (Phi) is 43.2. The second kappa shape index (κ2) is 47.0. The molecule has 0 aromatic rings. The van der Waals surface area contributed by atoms with Crippen molar-refractivity contribution >= 4 is 5.97 Å². The predicted molar refractivity (Wildman–Crippen MR) is 293 cm³/mol. The highest BCUT2D eigenvalue weighted by atomic mass is 16.7. The van der Waals surface area contributed by atoms with E-state index >= 15 is 0 Å². The van der Waals surface area contributed by atoms with E-state index in [-0.39, 0.29) is 25.6 Å². The topological polar surface area (TPSA) is 214 Å². The molecule has 2 aliphatic rings. The summed E-state index contributed by atoms with van der Waals surface area (Å²) in [5, 5.41) is 72.4. The number of hydrogen-bond acceptors (Lipinski definition) is 14. The summed E-state index contributed by atoms with van der Waals surface area (Å²) in [6.45, 7) is 3.59. The summed E-state index contributed by atoms with van der Waals surface area (Å²) in [6.07, 6.45) is 40.3. The fourth-order valence-electron chi connectivity index (χ4n) is 9.34. The molecule has 0 radical (unpaired) electrons. The predicted octanol–water partition coefficient (Wildman–Crippen LogP) is 10.7. The van der Waals surface area contributed by atoms with E-state index in [0.29, 0.717) is 13.0 Å². The molecule has 11 unspecified atom stereocenters. The number of esters is 1.